The molecule has 6 nitrogen and oxygen atoms in total. The molecule has 0 aromatic carbocycles. The van der Waals surface area contributed by atoms with Crippen LogP contribution in [-0.2, 0) is 4.79 Å². The molecule has 1 fully saturated rings. The Balaban J connectivity index is 1.98. The Morgan fingerprint density at radius 2 is 2.00 bits per heavy atom. The molecule has 1 saturated carbocycles. The maximum absolute atomic E-state index is 10.9. The zero-order chi connectivity index (χ0) is 14.7. The Morgan fingerprint density at radius 3 is 2.55 bits per heavy atom. The van der Waals surface area contributed by atoms with E-state index in [1.54, 1.807) is 0 Å². The number of nitrogens with zero attached hydrogens (tertiary/aromatic N) is 3. The lowest BCUT2D eigenvalue weighted by atomic mass is 9.86. The highest BCUT2D eigenvalue weighted by Gasteiger charge is 2.26. The second kappa shape index (κ2) is 6.07. The normalized spacial score (nSPS) is 22.4. The summed E-state index contributed by atoms with van der Waals surface area (Å²) in [4.78, 5) is 21.7. The fraction of sp³-hybridized carbons (Fsp3) is 0.643. The summed E-state index contributed by atoms with van der Waals surface area (Å²) >= 11 is 0. The average molecular weight is 278 g/mol. The van der Waals surface area contributed by atoms with E-state index in [0.717, 1.165) is 37.1 Å². The second-order valence-corrected chi connectivity index (χ2v) is 5.63. The van der Waals surface area contributed by atoms with Gasteiger partial charge < -0.3 is 15.3 Å². The van der Waals surface area contributed by atoms with Crippen molar-refractivity contribution in [2.45, 2.75) is 38.6 Å². The summed E-state index contributed by atoms with van der Waals surface area (Å²) in [6.07, 6.45) is 4.96. The zero-order valence-electron chi connectivity index (χ0n) is 12.3. The molecule has 0 aliphatic heterocycles. The zero-order valence-corrected chi connectivity index (χ0v) is 12.3. The largest absolute Gasteiger partial charge is 0.481 e. The van der Waals surface area contributed by atoms with E-state index in [9.17, 15) is 4.79 Å². The quantitative estimate of drug-likeness (QED) is 0.876. The molecule has 0 saturated heterocycles. The van der Waals surface area contributed by atoms with Gasteiger partial charge in [0, 0.05) is 31.9 Å². The van der Waals surface area contributed by atoms with E-state index in [0.29, 0.717) is 5.95 Å². The first-order valence-electron chi connectivity index (χ1n) is 6.97. The molecular formula is C14H22N4O2. The molecule has 1 aromatic rings. The van der Waals surface area contributed by atoms with E-state index >= 15 is 0 Å². The minimum absolute atomic E-state index is 0.190. The van der Waals surface area contributed by atoms with Crippen molar-refractivity contribution in [3.8, 4) is 0 Å². The molecular weight excluding hydrogens is 256 g/mol. The number of rotatable bonds is 4. The van der Waals surface area contributed by atoms with Gasteiger partial charge in [-0.05, 0) is 32.6 Å². The first-order valence-corrected chi connectivity index (χ1v) is 6.97. The van der Waals surface area contributed by atoms with Crippen LogP contribution in [0.2, 0.25) is 0 Å². The van der Waals surface area contributed by atoms with Crippen LogP contribution in [0.15, 0.2) is 6.20 Å². The summed E-state index contributed by atoms with van der Waals surface area (Å²) in [5, 5.41) is 12.3. The predicted octanol–water partition coefficient (Wildman–Crippen LogP) is 1.91. The number of carboxylic acids is 1. The molecule has 0 amide bonds. The van der Waals surface area contributed by atoms with Crippen LogP contribution in [0.1, 0.15) is 31.2 Å². The van der Waals surface area contributed by atoms with Crippen molar-refractivity contribution in [1.82, 2.24) is 9.97 Å². The van der Waals surface area contributed by atoms with Crippen LogP contribution < -0.4 is 10.2 Å². The van der Waals surface area contributed by atoms with E-state index in [2.05, 4.69) is 15.3 Å². The van der Waals surface area contributed by atoms with Gasteiger partial charge in [-0.15, -0.1) is 0 Å². The number of aryl methyl sites for hydroxylation is 1. The van der Waals surface area contributed by atoms with E-state index in [1.165, 1.54) is 0 Å². The molecule has 0 radical (unpaired) electrons. The lowest BCUT2D eigenvalue weighted by Gasteiger charge is -2.27. The van der Waals surface area contributed by atoms with Crippen molar-refractivity contribution in [3.05, 3.63) is 11.8 Å². The molecule has 0 bridgehead atoms. The van der Waals surface area contributed by atoms with Gasteiger partial charge in [0.15, 0.2) is 0 Å². The number of hydrogen-bond donors (Lipinski definition) is 2. The Labute approximate surface area is 119 Å². The van der Waals surface area contributed by atoms with E-state index in [1.807, 2.05) is 32.1 Å². The van der Waals surface area contributed by atoms with Gasteiger partial charge in [0.1, 0.15) is 5.82 Å². The number of aromatic nitrogens is 2. The van der Waals surface area contributed by atoms with Gasteiger partial charge in [0.25, 0.3) is 0 Å². The number of anilines is 2. The van der Waals surface area contributed by atoms with Crippen molar-refractivity contribution in [3.63, 3.8) is 0 Å². The van der Waals surface area contributed by atoms with Crippen LogP contribution >= 0.6 is 0 Å². The molecule has 1 aliphatic rings. The number of carboxylic acid groups (broad SMARTS) is 1. The maximum Gasteiger partial charge on any atom is 0.306 e. The Hall–Kier alpha value is -1.85. The highest BCUT2D eigenvalue weighted by molar-refractivity contribution is 5.70. The summed E-state index contributed by atoms with van der Waals surface area (Å²) in [6.45, 7) is 1.98. The molecule has 20 heavy (non-hydrogen) atoms. The SMILES string of the molecule is Cc1cnc(NC2CCC(C(=O)O)CC2)nc1N(C)C. The monoisotopic (exact) mass is 278 g/mol. The van der Waals surface area contributed by atoms with Gasteiger partial charge in [-0.2, -0.15) is 4.98 Å². The second-order valence-electron chi connectivity index (χ2n) is 5.63. The average Bonchev–Trinajstić information content (AvgIpc) is 2.41. The van der Waals surface area contributed by atoms with Crippen LogP contribution in [0.3, 0.4) is 0 Å². The minimum Gasteiger partial charge on any atom is -0.481 e. The number of hydrogen-bond acceptors (Lipinski definition) is 5. The molecule has 110 valence electrons. The van der Waals surface area contributed by atoms with Gasteiger partial charge in [0.2, 0.25) is 5.95 Å². The summed E-state index contributed by atoms with van der Waals surface area (Å²) in [5.41, 5.74) is 1.04. The highest BCUT2D eigenvalue weighted by atomic mass is 16.4. The number of carbonyl (C=O) groups is 1. The molecule has 1 aromatic heterocycles. The van der Waals surface area contributed by atoms with Crippen LogP contribution in [0, 0.1) is 12.8 Å². The van der Waals surface area contributed by atoms with Crippen molar-refractivity contribution in [2.75, 3.05) is 24.3 Å². The van der Waals surface area contributed by atoms with Gasteiger partial charge in [-0.1, -0.05) is 0 Å². The fourth-order valence-corrected chi connectivity index (χ4v) is 2.62. The Bertz CT molecular complexity index is 482. The standard InChI is InChI=1S/C14H22N4O2/c1-9-8-15-14(17-12(9)18(2)3)16-11-6-4-10(5-7-11)13(19)20/h8,10-11H,4-7H2,1-3H3,(H,19,20)(H,15,16,17). The van der Waals surface area contributed by atoms with Crippen molar-refractivity contribution in [2.24, 2.45) is 5.92 Å². The maximum atomic E-state index is 10.9. The van der Waals surface area contributed by atoms with E-state index in [4.69, 9.17) is 5.11 Å². The Morgan fingerprint density at radius 1 is 1.35 bits per heavy atom. The number of aliphatic carboxylic acids is 1. The van der Waals surface area contributed by atoms with Crippen LogP contribution in [-0.4, -0.2) is 41.2 Å². The summed E-state index contributed by atoms with van der Waals surface area (Å²) in [7, 11) is 3.91. The van der Waals surface area contributed by atoms with Crippen molar-refractivity contribution < 1.29 is 9.90 Å². The summed E-state index contributed by atoms with van der Waals surface area (Å²) in [5.74, 6) is 0.661. The first kappa shape index (κ1) is 14.6. The van der Waals surface area contributed by atoms with Crippen molar-refractivity contribution in [1.29, 1.82) is 0 Å². The molecule has 1 aliphatic carbocycles. The first-order chi connectivity index (χ1) is 9.47. The van der Waals surface area contributed by atoms with Gasteiger partial charge >= 0.3 is 5.97 Å². The molecule has 1 heterocycles. The molecule has 2 rings (SSSR count). The Kier molecular flexibility index (Phi) is 4.42. The topological polar surface area (TPSA) is 78.3 Å². The minimum atomic E-state index is -0.676. The van der Waals surface area contributed by atoms with Crippen molar-refractivity contribution >= 4 is 17.7 Å². The summed E-state index contributed by atoms with van der Waals surface area (Å²) < 4.78 is 0. The lowest BCUT2D eigenvalue weighted by Crippen LogP contribution is -2.30. The van der Waals surface area contributed by atoms with Crippen LogP contribution in [0.25, 0.3) is 0 Å². The smallest absolute Gasteiger partial charge is 0.306 e. The third-order valence-electron chi connectivity index (χ3n) is 3.78. The predicted molar refractivity (Wildman–Crippen MR) is 78.1 cm³/mol. The van der Waals surface area contributed by atoms with Gasteiger partial charge in [-0.25, -0.2) is 4.98 Å². The molecule has 0 atom stereocenters. The molecule has 0 spiro atoms. The van der Waals surface area contributed by atoms with E-state index in [-0.39, 0.29) is 12.0 Å². The van der Waals surface area contributed by atoms with Crippen LogP contribution in [0.4, 0.5) is 11.8 Å². The summed E-state index contributed by atoms with van der Waals surface area (Å²) in [6, 6.07) is 0.267. The third kappa shape index (κ3) is 3.37. The fourth-order valence-electron chi connectivity index (χ4n) is 2.62. The van der Waals surface area contributed by atoms with Gasteiger partial charge in [0.05, 0.1) is 5.92 Å². The van der Waals surface area contributed by atoms with Gasteiger partial charge in [-0.3, -0.25) is 4.79 Å². The van der Waals surface area contributed by atoms with Crippen LogP contribution in [0.5, 0.6) is 0 Å². The van der Waals surface area contributed by atoms with E-state index < -0.39 is 5.97 Å². The highest BCUT2D eigenvalue weighted by Crippen LogP contribution is 2.26. The molecule has 0 unspecified atom stereocenters. The molecule has 2 N–H and O–H groups in total. The third-order valence-corrected chi connectivity index (χ3v) is 3.78. The number of nitrogens with one attached hydrogen (secondary N) is 1. The lowest BCUT2D eigenvalue weighted by molar-refractivity contribution is -0.142. The molecule has 6 heteroatoms.